The van der Waals surface area contributed by atoms with Crippen LogP contribution in [0.4, 0.5) is 5.13 Å². The molecule has 0 radical (unpaired) electrons. The van der Waals surface area contributed by atoms with Crippen LogP contribution in [0.3, 0.4) is 0 Å². The van der Waals surface area contributed by atoms with Gasteiger partial charge < -0.3 is 4.74 Å². The van der Waals surface area contributed by atoms with E-state index in [-0.39, 0.29) is 10.8 Å². The molecule has 0 aliphatic heterocycles. The monoisotopic (exact) mass is 416 g/mol. The van der Waals surface area contributed by atoms with E-state index in [9.17, 15) is 13.2 Å². The topological polar surface area (TPSA) is 85.4 Å². The summed E-state index contributed by atoms with van der Waals surface area (Å²) in [4.78, 5) is 17.1. The van der Waals surface area contributed by atoms with Gasteiger partial charge in [-0.2, -0.15) is 0 Å². The second-order valence-corrected chi connectivity index (χ2v) is 9.04. The molecule has 0 bridgehead atoms. The fourth-order valence-corrected chi connectivity index (χ4v) is 3.77. The molecule has 146 valence electrons. The summed E-state index contributed by atoms with van der Waals surface area (Å²) in [6, 6.07) is 13.4. The number of carbonyl (C=O) groups is 1. The maximum absolute atomic E-state index is 12.4. The fraction of sp³-hybridized carbons (Fsp3) is 0.200. The number of amides is 1. The van der Waals surface area contributed by atoms with Crippen molar-refractivity contribution in [2.75, 3.05) is 18.2 Å². The first-order chi connectivity index (χ1) is 13.4. The van der Waals surface area contributed by atoms with Crippen LogP contribution in [-0.2, 0) is 9.84 Å². The summed E-state index contributed by atoms with van der Waals surface area (Å²) in [7, 11) is -3.24. The van der Waals surface area contributed by atoms with E-state index in [4.69, 9.17) is 4.74 Å². The summed E-state index contributed by atoms with van der Waals surface area (Å²) in [5.74, 6) is 0.475. The van der Waals surface area contributed by atoms with Gasteiger partial charge in [-0.15, -0.1) is 11.3 Å². The first-order valence-electron chi connectivity index (χ1n) is 8.67. The lowest BCUT2D eigenvalue weighted by Gasteiger charge is -2.06. The Labute approximate surface area is 168 Å². The van der Waals surface area contributed by atoms with Gasteiger partial charge in [-0.25, -0.2) is 13.4 Å². The molecule has 0 aliphatic rings. The quantitative estimate of drug-likeness (QED) is 0.622. The van der Waals surface area contributed by atoms with Crippen molar-refractivity contribution >= 4 is 32.2 Å². The molecule has 0 saturated heterocycles. The van der Waals surface area contributed by atoms with Crippen LogP contribution in [0.1, 0.15) is 23.7 Å². The Balaban J connectivity index is 1.68. The van der Waals surface area contributed by atoms with Gasteiger partial charge in [-0.3, -0.25) is 10.1 Å². The van der Waals surface area contributed by atoms with Crippen molar-refractivity contribution in [1.29, 1.82) is 0 Å². The molecule has 1 aromatic heterocycles. The van der Waals surface area contributed by atoms with Crippen molar-refractivity contribution in [3.63, 3.8) is 0 Å². The largest absolute Gasteiger partial charge is 0.494 e. The molecule has 3 aromatic rings. The van der Waals surface area contributed by atoms with Crippen LogP contribution >= 0.6 is 11.3 Å². The van der Waals surface area contributed by atoms with Crippen LogP contribution in [-0.4, -0.2) is 32.2 Å². The van der Waals surface area contributed by atoms with Gasteiger partial charge in [0.15, 0.2) is 15.0 Å². The Morgan fingerprint density at radius 1 is 1.11 bits per heavy atom. The van der Waals surface area contributed by atoms with Gasteiger partial charge >= 0.3 is 0 Å². The number of aromatic nitrogens is 1. The highest BCUT2D eigenvalue weighted by Crippen LogP contribution is 2.26. The van der Waals surface area contributed by atoms with Crippen LogP contribution in [0.25, 0.3) is 11.3 Å². The number of ether oxygens (including phenoxy) is 1. The molecule has 0 aliphatic carbocycles. The summed E-state index contributed by atoms with van der Waals surface area (Å²) >= 11 is 1.31. The van der Waals surface area contributed by atoms with Crippen LogP contribution in [0.2, 0.25) is 0 Å². The molecule has 0 fully saturated rings. The van der Waals surface area contributed by atoms with E-state index in [1.807, 2.05) is 12.3 Å². The molecule has 28 heavy (non-hydrogen) atoms. The van der Waals surface area contributed by atoms with Gasteiger partial charge in [-0.1, -0.05) is 19.1 Å². The summed E-state index contributed by atoms with van der Waals surface area (Å²) in [5, 5.41) is 5.06. The van der Waals surface area contributed by atoms with E-state index in [1.165, 1.54) is 17.6 Å². The number of hydrogen-bond acceptors (Lipinski definition) is 6. The molecular formula is C20H20N2O4S2. The molecule has 0 unspecified atom stereocenters. The second-order valence-electron chi connectivity index (χ2n) is 6.16. The van der Waals surface area contributed by atoms with E-state index in [0.717, 1.165) is 17.7 Å². The molecule has 0 atom stereocenters. The van der Waals surface area contributed by atoms with Crippen LogP contribution in [0.15, 0.2) is 58.8 Å². The first kappa shape index (κ1) is 20.0. The van der Waals surface area contributed by atoms with E-state index in [0.29, 0.717) is 23.0 Å². The van der Waals surface area contributed by atoms with E-state index in [1.54, 1.807) is 48.5 Å². The summed E-state index contributed by atoms with van der Waals surface area (Å²) in [6.45, 7) is 2.67. The average molecular weight is 417 g/mol. The third-order valence-corrected chi connectivity index (χ3v) is 5.78. The maximum atomic E-state index is 12.4. The van der Waals surface area contributed by atoms with Crippen molar-refractivity contribution in [2.24, 2.45) is 0 Å². The highest BCUT2D eigenvalue weighted by molar-refractivity contribution is 7.90. The summed E-state index contributed by atoms with van der Waals surface area (Å²) in [6.07, 6.45) is 2.09. The zero-order valence-corrected chi connectivity index (χ0v) is 17.1. The van der Waals surface area contributed by atoms with Crippen LogP contribution in [0.5, 0.6) is 5.75 Å². The minimum Gasteiger partial charge on any atom is -0.494 e. The van der Waals surface area contributed by atoms with Gasteiger partial charge in [0.05, 0.1) is 17.2 Å². The average Bonchev–Trinajstić information content (AvgIpc) is 3.14. The lowest BCUT2D eigenvalue weighted by molar-refractivity contribution is 0.102. The van der Waals surface area contributed by atoms with Crippen molar-refractivity contribution < 1.29 is 17.9 Å². The molecule has 6 nitrogen and oxygen atoms in total. The smallest absolute Gasteiger partial charge is 0.257 e. The molecule has 3 rings (SSSR count). The standard InChI is InChI=1S/C20H20N2O4S2/c1-3-12-26-16-8-4-15(5-9-16)19(23)22-20-21-18(13-27-20)14-6-10-17(11-7-14)28(2,24)25/h4-11,13H,3,12H2,1-2H3,(H,21,22,23). The minimum absolute atomic E-state index is 0.254. The Morgan fingerprint density at radius 3 is 2.39 bits per heavy atom. The number of nitrogens with one attached hydrogen (secondary N) is 1. The predicted molar refractivity (Wildman–Crippen MR) is 111 cm³/mol. The number of thiazole rings is 1. The van der Waals surface area contributed by atoms with E-state index < -0.39 is 9.84 Å². The molecule has 1 heterocycles. The van der Waals surface area contributed by atoms with E-state index >= 15 is 0 Å². The van der Waals surface area contributed by atoms with Crippen molar-refractivity contribution in [3.8, 4) is 17.0 Å². The zero-order chi connectivity index (χ0) is 20.1. The Bertz CT molecular complexity index is 1060. The van der Waals surface area contributed by atoms with E-state index in [2.05, 4.69) is 10.3 Å². The maximum Gasteiger partial charge on any atom is 0.257 e. The van der Waals surface area contributed by atoms with Gasteiger partial charge in [0.25, 0.3) is 5.91 Å². The SMILES string of the molecule is CCCOc1ccc(C(=O)Nc2nc(-c3ccc(S(C)(=O)=O)cc3)cs2)cc1. The molecule has 2 aromatic carbocycles. The number of anilines is 1. The molecule has 1 N–H and O–H groups in total. The first-order valence-corrected chi connectivity index (χ1v) is 11.4. The second kappa shape index (κ2) is 8.53. The molecule has 8 heteroatoms. The van der Waals surface area contributed by atoms with Crippen molar-refractivity contribution in [1.82, 2.24) is 4.98 Å². The highest BCUT2D eigenvalue weighted by Gasteiger charge is 2.12. The number of rotatable bonds is 7. The number of hydrogen-bond donors (Lipinski definition) is 1. The fourth-order valence-electron chi connectivity index (χ4n) is 2.43. The van der Waals surface area contributed by atoms with Gasteiger partial charge in [0.2, 0.25) is 0 Å². The summed E-state index contributed by atoms with van der Waals surface area (Å²) in [5.41, 5.74) is 1.96. The minimum atomic E-state index is -3.24. The number of benzene rings is 2. The third kappa shape index (κ3) is 4.96. The number of nitrogens with zero attached hydrogens (tertiary/aromatic N) is 1. The van der Waals surface area contributed by atoms with Crippen molar-refractivity contribution in [2.45, 2.75) is 18.2 Å². The molecule has 0 spiro atoms. The zero-order valence-electron chi connectivity index (χ0n) is 15.5. The molecule has 1 amide bonds. The Morgan fingerprint density at radius 2 is 1.79 bits per heavy atom. The number of carbonyl (C=O) groups excluding carboxylic acids is 1. The third-order valence-electron chi connectivity index (χ3n) is 3.89. The lowest BCUT2D eigenvalue weighted by Crippen LogP contribution is -2.11. The van der Waals surface area contributed by atoms with Crippen LogP contribution < -0.4 is 10.1 Å². The molecule has 0 saturated carbocycles. The molecular weight excluding hydrogens is 396 g/mol. The Kier molecular flexibility index (Phi) is 6.11. The predicted octanol–water partition coefficient (Wildman–Crippen LogP) is 4.25. The van der Waals surface area contributed by atoms with Gasteiger partial charge in [0, 0.05) is 22.8 Å². The van der Waals surface area contributed by atoms with Crippen molar-refractivity contribution in [3.05, 3.63) is 59.5 Å². The Hall–Kier alpha value is -2.71. The highest BCUT2D eigenvalue weighted by atomic mass is 32.2. The number of sulfone groups is 1. The summed E-state index contributed by atoms with van der Waals surface area (Å²) < 4.78 is 28.6. The lowest BCUT2D eigenvalue weighted by atomic mass is 10.2. The van der Waals surface area contributed by atoms with Gasteiger partial charge in [-0.05, 0) is 42.8 Å². The van der Waals surface area contributed by atoms with Crippen LogP contribution in [0, 0.1) is 0 Å². The van der Waals surface area contributed by atoms with Gasteiger partial charge in [0.1, 0.15) is 5.75 Å². The normalized spacial score (nSPS) is 11.2.